The van der Waals surface area contributed by atoms with Crippen LogP contribution in [0.1, 0.15) is 23.5 Å². The summed E-state index contributed by atoms with van der Waals surface area (Å²) in [5.74, 6) is -2.62. The van der Waals surface area contributed by atoms with Gasteiger partial charge < -0.3 is 24.3 Å². The molecule has 200 valence electrons. The van der Waals surface area contributed by atoms with Gasteiger partial charge in [-0.3, -0.25) is 25.1 Å². The van der Waals surface area contributed by atoms with Gasteiger partial charge in [0, 0.05) is 39.7 Å². The number of benzene rings is 3. The van der Waals surface area contributed by atoms with Crippen LogP contribution in [0.5, 0.6) is 5.75 Å². The zero-order valence-corrected chi connectivity index (χ0v) is 21.3. The van der Waals surface area contributed by atoms with Crippen LogP contribution in [-0.4, -0.2) is 54.2 Å². The fourth-order valence-corrected chi connectivity index (χ4v) is 4.34. The first kappa shape index (κ1) is 26.9. The number of carbonyl (C=O) groups excluding carboxylic acids is 2. The van der Waals surface area contributed by atoms with Crippen LogP contribution in [0.2, 0.25) is 0 Å². The van der Waals surface area contributed by atoms with Crippen molar-refractivity contribution in [3.05, 3.63) is 81.9 Å². The molecule has 1 aromatic heterocycles. The van der Waals surface area contributed by atoms with Crippen molar-refractivity contribution in [2.45, 2.75) is 12.3 Å². The molecule has 3 aromatic carbocycles. The third-order valence-corrected chi connectivity index (χ3v) is 6.36. The molecular weight excluding hydrogens is 506 g/mol. The van der Waals surface area contributed by atoms with Gasteiger partial charge in [0.05, 0.1) is 44.3 Å². The SMILES string of the molecule is COC(=N)c1ccc2[nH]c(-c3cc(C(CC(=O)OC)C(=O)OC)cc(-c4cccc([N+](=O)[O-])c4)c3O)cc2c1. The molecule has 0 aliphatic heterocycles. The fourth-order valence-electron chi connectivity index (χ4n) is 4.34. The Labute approximate surface area is 222 Å². The molecule has 1 heterocycles. The number of phenols is 1. The number of rotatable bonds is 8. The molecule has 0 saturated heterocycles. The van der Waals surface area contributed by atoms with Gasteiger partial charge >= 0.3 is 11.9 Å². The van der Waals surface area contributed by atoms with Crippen molar-refractivity contribution >= 4 is 34.4 Å². The average molecular weight is 532 g/mol. The van der Waals surface area contributed by atoms with E-state index in [0.717, 1.165) is 5.39 Å². The highest BCUT2D eigenvalue weighted by atomic mass is 16.6. The third kappa shape index (κ3) is 5.42. The maximum atomic E-state index is 12.7. The second-order valence-electron chi connectivity index (χ2n) is 8.65. The van der Waals surface area contributed by atoms with Crippen LogP contribution >= 0.6 is 0 Å². The van der Waals surface area contributed by atoms with Crippen LogP contribution in [-0.2, 0) is 23.8 Å². The second-order valence-corrected chi connectivity index (χ2v) is 8.65. The molecule has 4 rings (SSSR count). The Kier molecular flexibility index (Phi) is 7.61. The molecule has 0 bridgehead atoms. The number of phenolic OH excluding ortho intramolecular Hbond substituents is 1. The van der Waals surface area contributed by atoms with E-state index < -0.39 is 22.8 Å². The zero-order valence-electron chi connectivity index (χ0n) is 21.3. The molecule has 0 aliphatic rings. The molecule has 0 aliphatic carbocycles. The molecule has 11 nitrogen and oxygen atoms in total. The summed E-state index contributed by atoms with van der Waals surface area (Å²) in [6.07, 6.45) is -0.322. The summed E-state index contributed by atoms with van der Waals surface area (Å²) in [5.41, 5.74) is 2.71. The summed E-state index contributed by atoms with van der Waals surface area (Å²) >= 11 is 0. The average Bonchev–Trinajstić information content (AvgIpc) is 3.38. The summed E-state index contributed by atoms with van der Waals surface area (Å²) in [5, 5.41) is 31.5. The summed E-state index contributed by atoms with van der Waals surface area (Å²) in [7, 11) is 3.80. The van der Waals surface area contributed by atoms with E-state index in [1.807, 2.05) is 0 Å². The number of H-pyrrole nitrogens is 1. The summed E-state index contributed by atoms with van der Waals surface area (Å²) < 4.78 is 14.7. The van der Waals surface area contributed by atoms with Crippen molar-refractivity contribution in [3.63, 3.8) is 0 Å². The number of non-ortho nitro benzene ring substituents is 1. The van der Waals surface area contributed by atoms with Crippen molar-refractivity contribution in [2.75, 3.05) is 21.3 Å². The molecule has 0 saturated carbocycles. The molecule has 3 N–H and O–H groups in total. The molecule has 0 fully saturated rings. The van der Waals surface area contributed by atoms with Gasteiger partial charge in [-0.05, 0) is 47.5 Å². The van der Waals surface area contributed by atoms with E-state index in [4.69, 9.17) is 19.6 Å². The highest BCUT2D eigenvalue weighted by Gasteiger charge is 2.28. The molecule has 11 heteroatoms. The Hall–Kier alpha value is -5.19. The van der Waals surface area contributed by atoms with Gasteiger partial charge in [-0.2, -0.15) is 0 Å². The molecule has 0 spiro atoms. The molecule has 39 heavy (non-hydrogen) atoms. The van der Waals surface area contributed by atoms with Crippen molar-refractivity contribution in [2.24, 2.45) is 0 Å². The predicted octanol–water partition coefficient (Wildman–Crippen LogP) is 4.91. The fraction of sp³-hybridized carbons (Fsp3) is 0.179. The number of ether oxygens (including phenoxy) is 3. The van der Waals surface area contributed by atoms with Crippen molar-refractivity contribution in [1.29, 1.82) is 5.41 Å². The molecule has 1 atom stereocenters. The highest BCUT2D eigenvalue weighted by molar-refractivity contribution is 5.98. The Morgan fingerprint density at radius 1 is 1.00 bits per heavy atom. The molecular formula is C28H25N3O8. The van der Waals surface area contributed by atoms with Gasteiger partial charge in [-0.25, -0.2) is 0 Å². The number of fused-ring (bicyclic) bond motifs is 1. The van der Waals surface area contributed by atoms with Crippen LogP contribution in [0, 0.1) is 15.5 Å². The standard InChI is InChI=1S/C28H25N3O8/c1-37-25(32)14-21(28(34)39-3)17-11-20(15-5-4-6-19(10-15)31(35)36)26(33)22(12-17)24-13-18-9-16(27(29)38-2)7-8-23(18)30-24/h4-13,21,29-30,33H,14H2,1-3H3. The van der Waals surface area contributed by atoms with Gasteiger partial charge in [0.1, 0.15) is 5.75 Å². The molecule has 1 unspecified atom stereocenters. The Bertz CT molecular complexity index is 1610. The summed E-state index contributed by atoms with van der Waals surface area (Å²) in [6.45, 7) is 0. The normalized spacial score (nSPS) is 11.6. The minimum atomic E-state index is -1.07. The first-order valence-corrected chi connectivity index (χ1v) is 11.7. The maximum Gasteiger partial charge on any atom is 0.313 e. The number of methoxy groups -OCH3 is 3. The number of nitrogens with one attached hydrogen (secondary N) is 2. The van der Waals surface area contributed by atoms with E-state index in [2.05, 4.69) is 4.98 Å². The van der Waals surface area contributed by atoms with E-state index >= 15 is 0 Å². The molecule has 0 amide bonds. The number of hydrogen-bond acceptors (Lipinski definition) is 9. The number of hydrogen-bond donors (Lipinski definition) is 3. The number of nitro benzene ring substituents is 1. The van der Waals surface area contributed by atoms with Crippen LogP contribution < -0.4 is 0 Å². The van der Waals surface area contributed by atoms with Crippen LogP contribution in [0.4, 0.5) is 5.69 Å². The van der Waals surface area contributed by atoms with Crippen LogP contribution in [0.15, 0.2) is 60.7 Å². The van der Waals surface area contributed by atoms with Gasteiger partial charge in [0.15, 0.2) is 0 Å². The number of carbonyl (C=O) groups is 2. The van der Waals surface area contributed by atoms with Gasteiger partial charge in [-0.1, -0.05) is 12.1 Å². The zero-order chi connectivity index (χ0) is 28.3. The van der Waals surface area contributed by atoms with Crippen LogP contribution in [0.25, 0.3) is 33.3 Å². The van der Waals surface area contributed by atoms with E-state index in [1.54, 1.807) is 36.4 Å². The van der Waals surface area contributed by atoms with Crippen molar-refractivity contribution < 1.29 is 33.8 Å². The number of nitrogens with zero attached hydrogens (tertiary/aromatic N) is 1. The largest absolute Gasteiger partial charge is 0.507 e. The van der Waals surface area contributed by atoms with Gasteiger partial charge in [-0.15, -0.1) is 0 Å². The number of nitro groups is 1. The van der Waals surface area contributed by atoms with Crippen LogP contribution in [0.3, 0.4) is 0 Å². The van der Waals surface area contributed by atoms with E-state index in [-0.39, 0.29) is 34.9 Å². The van der Waals surface area contributed by atoms with E-state index in [1.165, 1.54) is 45.6 Å². The van der Waals surface area contributed by atoms with Crippen molar-refractivity contribution in [3.8, 4) is 28.1 Å². The Morgan fingerprint density at radius 2 is 1.74 bits per heavy atom. The number of aromatic amines is 1. The topological polar surface area (TPSA) is 165 Å². The number of esters is 2. The van der Waals surface area contributed by atoms with Crippen molar-refractivity contribution in [1.82, 2.24) is 4.98 Å². The van der Waals surface area contributed by atoms with Gasteiger partial charge in [0.25, 0.3) is 5.69 Å². The summed E-state index contributed by atoms with van der Waals surface area (Å²) in [4.78, 5) is 39.0. The monoisotopic (exact) mass is 531 g/mol. The maximum absolute atomic E-state index is 12.7. The Morgan fingerprint density at radius 3 is 2.41 bits per heavy atom. The van der Waals surface area contributed by atoms with E-state index in [9.17, 15) is 24.8 Å². The lowest BCUT2D eigenvalue weighted by Crippen LogP contribution is -2.19. The minimum Gasteiger partial charge on any atom is -0.507 e. The smallest absolute Gasteiger partial charge is 0.313 e. The van der Waals surface area contributed by atoms with E-state index in [0.29, 0.717) is 27.9 Å². The number of aromatic hydroxyl groups is 1. The lowest BCUT2D eigenvalue weighted by molar-refractivity contribution is -0.384. The molecule has 4 aromatic rings. The minimum absolute atomic E-state index is 0.0128. The van der Waals surface area contributed by atoms with Gasteiger partial charge in [0.2, 0.25) is 5.90 Å². The Balaban J connectivity index is 1.96. The first-order chi connectivity index (χ1) is 18.7. The second kappa shape index (κ2) is 11.1. The summed E-state index contributed by atoms with van der Waals surface area (Å²) in [6, 6.07) is 15.8. The molecule has 0 radical (unpaired) electrons. The lowest BCUT2D eigenvalue weighted by atomic mass is 9.89. The highest BCUT2D eigenvalue weighted by Crippen LogP contribution is 2.42. The predicted molar refractivity (Wildman–Crippen MR) is 143 cm³/mol. The first-order valence-electron chi connectivity index (χ1n) is 11.7. The number of aromatic nitrogens is 1. The quantitative estimate of drug-likeness (QED) is 0.0949. The third-order valence-electron chi connectivity index (χ3n) is 6.36. The lowest BCUT2D eigenvalue weighted by Gasteiger charge is -2.18.